The number of hydrogen-bond acceptors (Lipinski definition) is 0. The Morgan fingerprint density at radius 1 is 1.06 bits per heavy atom. The van der Waals surface area contributed by atoms with Crippen molar-refractivity contribution in [1.82, 2.24) is 0 Å². The first-order valence-electron chi connectivity index (χ1n) is 6.38. The van der Waals surface area contributed by atoms with Crippen LogP contribution in [0.25, 0.3) is 0 Å². The van der Waals surface area contributed by atoms with Gasteiger partial charge in [0, 0.05) is 0 Å². The van der Waals surface area contributed by atoms with Crippen molar-refractivity contribution in [3.63, 3.8) is 0 Å². The zero-order valence-electron chi connectivity index (χ0n) is 10.7. The van der Waals surface area contributed by atoms with Crippen LogP contribution in [-0.2, 0) is 0 Å². The van der Waals surface area contributed by atoms with Gasteiger partial charge in [0.15, 0.2) is 0 Å². The Bertz CT molecular complexity index is 343. The fourth-order valence-corrected chi connectivity index (χ4v) is 3.87. The molecular formula is C15H21FSe. The third-order valence-corrected chi connectivity index (χ3v) is 4.99. The first-order valence-corrected chi connectivity index (χ1v) is 8.09. The van der Waals surface area contributed by atoms with Crippen molar-refractivity contribution in [2.24, 2.45) is 0 Å². The summed E-state index contributed by atoms with van der Waals surface area (Å²) in [5.41, 5.74) is 0. The van der Waals surface area contributed by atoms with Crippen LogP contribution in [0.1, 0.15) is 46.0 Å². The van der Waals surface area contributed by atoms with E-state index in [0.717, 1.165) is 30.2 Å². The molecule has 1 aromatic rings. The van der Waals surface area contributed by atoms with E-state index in [-0.39, 0.29) is 20.8 Å². The number of benzene rings is 1. The van der Waals surface area contributed by atoms with Crippen LogP contribution >= 0.6 is 0 Å². The minimum atomic E-state index is 0.151. The Morgan fingerprint density at radius 3 is 2.35 bits per heavy atom. The molecule has 0 spiro atoms. The Balaban J connectivity index is 2.71. The van der Waals surface area contributed by atoms with Crippen LogP contribution < -0.4 is 4.46 Å². The first kappa shape index (κ1) is 14.5. The summed E-state index contributed by atoms with van der Waals surface area (Å²) in [5, 5.41) is 0. The predicted octanol–water partition coefficient (Wildman–Crippen LogP) is 4.19. The van der Waals surface area contributed by atoms with Gasteiger partial charge in [0.05, 0.1) is 0 Å². The maximum absolute atomic E-state index is 14.0. The van der Waals surface area contributed by atoms with Crippen molar-refractivity contribution < 1.29 is 4.39 Å². The van der Waals surface area contributed by atoms with Crippen LogP contribution in [0, 0.1) is 0 Å². The monoisotopic (exact) mass is 300 g/mol. The van der Waals surface area contributed by atoms with Crippen LogP contribution in [0.3, 0.4) is 0 Å². The van der Waals surface area contributed by atoms with Gasteiger partial charge in [-0.3, -0.25) is 0 Å². The number of halogens is 1. The number of rotatable bonds is 7. The van der Waals surface area contributed by atoms with Gasteiger partial charge in [-0.15, -0.1) is 0 Å². The van der Waals surface area contributed by atoms with Crippen molar-refractivity contribution in [3.8, 4) is 0 Å². The first-order chi connectivity index (χ1) is 8.27. The van der Waals surface area contributed by atoms with E-state index in [1.807, 2.05) is 18.2 Å². The molecule has 0 aliphatic rings. The van der Waals surface area contributed by atoms with Gasteiger partial charge in [-0.05, 0) is 0 Å². The number of hydrogen-bond donors (Lipinski definition) is 0. The van der Waals surface area contributed by atoms with Crippen LogP contribution in [-0.4, -0.2) is 15.0 Å². The molecule has 0 amide bonds. The second kappa shape index (κ2) is 8.49. The van der Waals surface area contributed by atoms with E-state index in [2.05, 4.69) is 26.0 Å². The summed E-state index contributed by atoms with van der Waals surface area (Å²) in [6.07, 6.45) is 4.59. The Kier molecular flexibility index (Phi) is 7.23. The maximum atomic E-state index is 14.0. The van der Waals surface area contributed by atoms with Gasteiger partial charge >= 0.3 is 110 Å². The third kappa shape index (κ3) is 5.52. The molecule has 0 aliphatic carbocycles. The summed E-state index contributed by atoms with van der Waals surface area (Å²) in [7, 11) is 0. The average Bonchev–Trinajstić information content (AvgIpc) is 2.36. The van der Waals surface area contributed by atoms with E-state index < -0.39 is 0 Å². The molecule has 0 radical (unpaired) electrons. The SMILES string of the molecule is CCCC/C(F)=C(/CCC)[Se]c1ccccc1. The molecule has 0 saturated heterocycles. The molecule has 0 fully saturated rings. The van der Waals surface area contributed by atoms with Gasteiger partial charge in [-0.25, -0.2) is 0 Å². The average molecular weight is 299 g/mol. The van der Waals surface area contributed by atoms with Crippen LogP contribution in [0.5, 0.6) is 0 Å². The Hall–Kier alpha value is -0.591. The summed E-state index contributed by atoms with van der Waals surface area (Å²) < 4.78 is 16.4. The van der Waals surface area contributed by atoms with Gasteiger partial charge in [0.2, 0.25) is 0 Å². The molecule has 0 saturated carbocycles. The van der Waals surface area contributed by atoms with Gasteiger partial charge in [0.25, 0.3) is 0 Å². The van der Waals surface area contributed by atoms with Crippen LogP contribution in [0.15, 0.2) is 40.6 Å². The molecule has 0 bridgehead atoms. The molecule has 0 nitrogen and oxygen atoms in total. The Labute approximate surface area is 110 Å². The number of allylic oxidation sites excluding steroid dienone is 2. The molecular weight excluding hydrogens is 278 g/mol. The molecule has 0 atom stereocenters. The fraction of sp³-hybridized carbons (Fsp3) is 0.467. The number of unbranched alkanes of at least 4 members (excludes halogenated alkanes) is 1. The molecule has 0 heterocycles. The molecule has 17 heavy (non-hydrogen) atoms. The van der Waals surface area contributed by atoms with Crippen molar-refractivity contribution in [1.29, 1.82) is 0 Å². The van der Waals surface area contributed by atoms with Crippen LogP contribution in [0.4, 0.5) is 4.39 Å². The van der Waals surface area contributed by atoms with E-state index in [0.29, 0.717) is 6.42 Å². The Morgan fingerprint density at radius 2 is 1.76 bits per heavy atom. The van der Waals surface area contributed by atoms with E-state index in [9.17, 15) is 4.39 Å². The topological polar surface area (TPSA) is 0 Å². The van der Waals surface area contributed by atoms with Crippen molar-refractivity contribution in [2.75, 3.05) is 0 Å². The summed E-state index contributed by atoms with van der Waals surface area (Å²) in [6, 6.07) is 10.3. The second-order valence-corrected chi connectivity index (χ2v) is 6.55. The molecule has 0 aliphatic heterocycles. The molecule has 0 aromatic heterocycles. The van der Waals surface area contributed by atoms with Crippen molar-refractivity contribution in [3.05, 3.63) is 40.6 Å². The van der Waals surface area contributed by atoms with Crippen molar-refractivity contribution >= 4 is 19.4 Å². The van der Waals surface area contributed by atoms with E-state index in [1.54, 1.807) is 0 Å². The van der Waals surface area contributed by atoms with Crippen LogP contribution in [0.2, 0.25) is 0 Å². The quantitative estimate of drug-likeness (QED) is 0.662. The fourth-order valence-electron chi connectivity index (χ4n) is 1.57. The predicted molar refractivity (Wildman–Crippen MR) is 74.4 cm³/mol. The van der Waals surface area contributed by atoms with Gasteiger partial charge in [0.1, 0.15) is 0 Å². The summed E-state index contributed by atoms with van der Waals surface area (Å²) in [4.78, 5) is 0. The molecule has 1 rings (SSSR count). The van der Waals surface area contributed by atoms with E-state index in [1.165, 1.54) is 4.46 Å². The molecule has 94 valence electrons. The second-order valence-electron chi connectivity index (χ2n) is 4.10. The van der Waals surface area contributed by atoms with E-state index in [4.69, 9.17) is 0 Å². The zero-order valence-corrected chi connectivity index (χ0v) is 12.4. The third-order valence-electron chi connectivity index (χ3n) is 2.51. The van der Waals surface area contributed by atoms with Gasteiger partial charge in [-0.1, -0.05) is 0 Å². The molecule has 1 aromatic carbocycles. The molecule has 0 unspecified atom stereocenters. The van der Waals surface area contributed by atoms with Gasteiger partial charge < -0.3 is 0 Å². The molecule has 2 heteroatoms. The zero-order chi connectivity index (χ0) is 12.5. The van der Waals surface area contributed by atoms with Gasteiger partial charge in [-0.2, -0.15) is 0 Å². The summed E-state index contributed by atoms with van der Waals surface area (Å²) >= 11 is 0.162. The summed E-state index contributed by atoms with van der Waals surface area (Å²) in [6.45, 7) is 4.23. The van der Waals surface area contributed by atoms with Crippen molar-refractivity contribution in [2.45, 2.75) is 46.0 Å². The molecule has 0 N–H and O–H groups in total. The minimum absolute atomic E-state index is 0.151. The standard InChI is InChI=1S/C15H21FSe/c1-3-5-12-14(16)15(9-4-2)17-13-10-7-6-8-11-13/h6-8,10-11H,3-5,9,12H2,1-2H3/b15-14+. The van der Waals surface area contributed by atoms with E-state index >= 15 is 0 Å². The normalized spacial score (nSPS) is 12.4. The summed E-state index contributed by atoms with van der Waals surface area (Å²) in [5.74, 6) is 0.151.